The number of hydrogen-bond donors (Lipinski definition) is 1. The molecule has 1 aliphatic heterocycles. The number of ketones is 1. The van der Waals surface area contributed by atoms with Gasteiger partial charge >= 0.3 is 0 Å². The molecule has 0 radical (unpaired) electrons. The number of aromatic amines is 1. The van der Waals surface area contributed by atoms with Crippen LogP contribution in [0.25, 0.3) is 10.9 Å². The largest absolute Gasteiger partial charge is 0.361 e. The van der Waals surface area contributed by atoms with E-state index in [1.54, 1.807) is 0 Å². The number of hydrogen-bond acceptors (Lipinski definition) is 3. The van der Waals surface area contributed by atoms with E-state index >= 15 is 0 Å². The molecule has 1 fully saturated rings. The summed E-state index contributed by atoms with van der Waals surface area (Å²) in [5, 5.41) is 3.18. The van der Waals surface area contributed by atoms with Gasteiger partial charge in [-0.2, -0.15) is 0 Å². The standard InChI is InChI=1S/C21H22N2O2S/c24-19(20-6-3-13-26-20)7-8-21(25)23-11-9-15(10-12-23)17-14-22-18-5-2-1-4-16(17)18/h1-6,13-15,22H,7-12H2. The Morgan fingerprint density at radius 2 is 1.88 bits per heavy atom. The third-order valence-corrected chi connectivity index (χ3v) is 6.18. The van der Waals surface area contributed by atoms with Crippen molar-refractivity contribution < 1.29 is 9.59 Å². The number of carbonyl (C=O) groups is 2. The molecule has 1 aliphatic rings. The SMILES string of the molecule is O=C(CCC(=O)N1CCC(c2c[nH]c3ccccc23)CC1)c1cccs1. The van der Waals surface area contributed by atoms with Crippen molar-refractivity contribution in [3.05, 3.63) is 58.4 Å². The number of carbonyl (C=O) groups excluding carboxylic acids is 2. The highest BCUT2D eigenvalue weighted by molar-refractivity contribution is 7.12. The zero-order valence-electron chi connectivity index (χ0n) is 14.6. The molecule has 3 heterocycles. The lowest BCUT2D eigenvalue weighted by Gasteiger charge is -2.32. The molecular weight excluding hydrogens is 344 g/mol. The lowest BCUT2D eigenvalue weighted by Crippen LogP contribution is -2.38. The van der Waals surface area contributed by atoms with E-state index in [1.807, 2.05) is 28.5 Å². The van der Waals surface area contributed by atoms with Crippen LogP contribution in [0.15, 0.2) is 48.0 Å². The van der Waals surface area contributed by atoms with Gasteiger partial charge in [-0.3, -0.25) is 9.59 Å². The number of benzene rings is 1. The zero-order chi connectivity index (χ0) is 17.9. The number of amides is 1. The minimum Gasteiger partial charge on any atom is -0.361 e. The van der Waals surface area contributed by atoms with E-state index < -0.39 is 0 Å². The zero-order valence-corrected chi connectivity index (χ0v) is 15.4. The molecule has 5 heteroatoms. The van der Waals surface area contributed by atoms with Crippen LogP contribution in [-0.4, -0.2) is 34.7 Å². The summed E-state index contributed by atoms with van der Waals surface area (Å²) in [5.74, 6) is 0.664. The first-order valence-corrected chi connectivity index (χ1v) is 10.0. The second kappa shape index (κ2) is 7.46. The summed E-state index contributed by atoms with van der Waals surface area (Å²) >= 11 is 1.44. The Bertz CT molecular complexity index is 905. The molecule has 4 nitrogen and oxygen atoms in total. The molecule has 4 rings (SSSR count). The van der Waals surface area contributed by atoms with Gasteiger partial charge in [-0.25, -0.2) is 0 Å². The molecule has 0 bridgehead atoms. The second-order valence-corrected chi connectivity index (χ2v) is 7.79. The Morgan fingerprint density at radius 3 is 2.65 bits per heavy atom. The maximum Gasteiger partial charge on any atom is 0.223 e. The van der Waals surface area contributed by atoms with Crippen molar-refractivity contribution in [2.75, 3.05) is 13.1 Å². The number of Topliss-reactive ketones (excluding diaryl/α,β-unsaturated/α-hetero) is 1. The van der Waals surface area contributed by atoms with Crippen molar-refractivity contribution in [3.63, 3.8) is 0 Å². The van der Waals surface area contributed by atoms with Gasteiger partial charge in [0.15, 0.2) is 5.78 Å². The number of thiophene rings is 1. The van der Waals surface area contributed by atoms with E-state index in [0.717, 1.165) is 30.8 Å². The first-order valence-electron chi connectivity index (χ1n) is 9.13. The van der Waals surface area contributed by atoms with E-state index in [2.05, 4.69) is 29.4 Å². The third kappa shape index (κ3) is 3.44. The molecule has 134 valence electrons. The van der Waals surface area contributed by atoms with Crippen LogP contribution in [0.5, 0.6) is 0 Å². The number of piperidine rings is 1. The van der Waals surface area contributed by atoms with Gasteiger partial charge in [0.1, 0.15) is 0 Å². The molecule has 0 aliphatic carbocycles. The maximum atomic E-state index is 12.4. The van der Waals surface area contributed by atoms with Crippen LogP contribution in [-0.2, 0) is 4.79 Å². The van der Waals surface area contributed by atoms with Gasteiger partial charge in [-0.15, -0.1) is 11.3 Å². The number of aromatic nitrogens is 1. The average molecular weight is 366 g/mol. The number of H-pyrrole nitrogens is 1. The average Bonchev–Trinajstić information content (AvgIpc) is 3.36. The van der Waals surface area contributed by atoms with Gasteiger partial charge in [-0.1, -0.05) is 24.3 Å². The van der Waals surface area contributed by atoms with Crippen molar-refractivity contribution in [1.29, 1.82) is 0 Å². The minimum absolute atomic E-state index is 0.0713. The van der Waals surface area contributed by atoms with Crippen LogP contribution in [0.1, 0.15) is 46.8 Å². The summed E-state index contributed by atoms with van der Waals surface area (Å²) in [6.45, 7) is 1.55. The van der Waals surface area contributed by atoms with E-state index in [9.17, 15) is 9.59 Å². The van der Waals surface area contributed by atoms with Crippen molar-refractivity contribution in [2.45, 2.75) is 31.6 Å². The van der Waals surface area contributed by atoms with Crippen LogP contribution in [0.2, 0.25) is 0 Å². The smallest absolute Gasteiger partial charge is 0.223 e. The lowest BCUT2D eigenvalue weighted by molar-refractivity contribution is -0.132. The molecule has 0 atom stereocenters. The van der Waals surface area contributed by atoms with Crippen LogP contribution < -0.4 is 0 Å². The van der Waals surface area contributed by atoms with Crippen LogP contribution in [0.3, 0.4) is 0 Å². The molecular formula is C21H22N2O2S. The highest BCUT2D eigenvalue weighted by Gasteiger charge is 2.25. The van der Waals surface area contributed by atoms with E-state index in [0.29, 0.717) is 18.8 Å². The molecule has 26 heavy (non-hydrogen) atoms. The molecule has 2 aromatic heterocycles. The Balaban J connectivity index is 1.32. The van der Waals surface area contributed by atoms with Gasteiger partial charge in [0.25, 0.3) is 0 Å². The van der Waals surface area contributed by atoms with E-state index in [1.165, 1.54) is 27.8 Å². The Labute approximate surface area is 156 Å². The van der Waals surface area contributed by atoms with E-state index in [4.69, 9.17) is 0 Å². The van der Waals surface area contributed by atoms with Gasteiger partial charge in [-0.05, 0) is 41.8 Å². The summed E-state index contributed by atoms with van der Waals surface area (Å²) in [4.78, 5) is 30.5. The van der Waals surface area contributed by atoms with Gasteiger partial charge < -0.3 is 9.88 Å². The molecule has 1 aromatic carbocycles. The first kappa shape index (κ1) is 17.0. The fourth-order valence-corrected chi connectivity index (χ4v) is 4.51. The van der Waals surface area contributed by atoms with Crippen molar-refractivity contribution in [1.82, 2.24) is 9.88 Å². The number of nitrogens with zero attached hydrogens (tertiary/aromatic N) is 1. The summed E-state index contributed by atoms with van der Waals surface area (Å²) in [6.07, 6.45) is 4.70. The number of likely N-dealkylation sites (tertiary alicyclic amines) is 1. The van der Waals surface area contributed by atoms with Crippen LogP contribution in [0.4, 0.5) is 0 Å². The quantitative estimate of drug-likeness (QED) is 0.671. The fraction of sp³-hybridized carbons (Fsp3) is 0.333. The predicted octanol–water partition coefficient (Wildman–Crippen LogP) is 4.60. The van der Waals surface area contributed by atoms with E-state index in [-0.39, 0.29) is 11.7 Å². The van der Waals surface area contributed by atoms with Crippen LogP contribution >= 0.6 is 11.3 Å². The molecule has 0 unspecified atom stereocenters. The predicted molar refractivity (Wildman–Crippen MR) is 105 cm³/mol. The topological polar surface area (TPSA) is 53.2 Å². The highest BCUT2D eigenvalue weighted by atomic mass is 32.1. The summed E-state index contributed by atoms with van der Waals surface area (Å²) in [7, 11) is 0. The van der Waals surface area contributed by atoms with Gasteiger partial charge in [0.2, 0.25) is 5.91 Å². The Kier molecular flexibility index (Phi) is 4.89. The number of para-hydroxylation sites is 1. The molecule has 0 saturated carbocycles. The first-order chi connectivity index (χ1) is 12.7. The molecule has 0 spiro atoms. The Morgan fingerprint density at radius 1 is 1.08 bits per heavy atom. The number of nitrogens with one attached hydrogen (secondary N) is 1. The summed E-state index contributed by atoms with van der Waals surface area (Å²) < 4.78 is 0. The number of rotatable bonds is 5. The molecule has 1 N–H and O–H groups in total. The maximum absolute atomic E-state index is 12.4. The van der Waals surface area contributed by atoms with Crippen molar-refractivity contribution >= 4 is 33.9 Å². The molecule has 3 aromatic rings. The highest BCUT2D eigenvalue weighted by Crippen LogP contribution is 2.33. The lowest BCUT2D eigenvalue weighted by atomic mass is 9.89. The monoisotopic (exact) mass is 366 g/mol. The fourth-order valence-electron chi connectivity index (χ4n) is 3.81. The molecule has 1 saturated heterocycles. The minimum atomic E-state index is 0.0713. The number of fused-ring (bicyclic) bond motifs is 1. The Hall–Kier alpha value is -2.40. The van der Waals surface area contributed by atoms with Crippen molar-refractivity contribution in [2.24, 2.45) is 0 Å². The van der Waals surface area contributed by atoms with Crippen molar-refractivity contribution in [3.8, 4) is 0 Å². The van der Waals surface area contributed by atoms with Gasteiger partial charge in [0.05, 0.1) is 4.88 Å². The second-order valence-electron chi connectivity index (χ2n) is 6.85. The summed E-state index contributed by atoms with van der Waals surface area (Å²) in [6, 6.07) is 12.1. The third-order valence-electron chi connectivity index (χ3n) is 5.27. The van der Waals surface area contributed by atoms with Crippen LogP contribution in [0, 0.1) is 0 Å². The van der Waals surface area contributed by atoms with Gasteiger partial charge in [0, 0.05) is 43.0 Å². The normalized spacial score (nSPS) is 15.5. The summed E-state index contributed by atoms with van der Waals surface area (Å²) in [5.41, 5.74) is 2.54. The molecule has 1 amide bonds.